The molecule has 0 bridgehead atoms. The van der Waals surface area contributed by atoms with Gasteiger partial charge < -0.3 is 10.4 Å². The first-order valence-corrected chi connectivity index (χ1v) is 7.62. The molecule has 0 aliphatic carbocycles. The van der Waals surface area contributed by atoms with Gasteiger partial charge in [0.15, 0.2) is 5.65 Å². The minimum Gasteiger partial charge on any atom is -0.506 e. The zero-order chi connectivity index (χ0) is 18.1. The summed E-state index contributed by atoms with van der Waals surface area (Å²) in [5.41, 5.74) is 2.04. The average molecular weight is 360 g/mol. The highest BCUT2D eigenvalue weighted by molar-refractivity contribution is 6.32. The number of carbonyl (C=O) groups excluding carboxylic acids is 2. The van der Waals surface area contributed by atoms with Crippen LogP contribution in [0.25, 0.3) is 11.0 Å². The standard InChI is InChI=1S/C16H14ClN5O3/c1-9-12-6-11(7-18-15(12)21(2)20-9)22(8-23)16(25)19-10-3-4-14(24)13(17)5-10/h3-8,24H,1-2H3,(H,19,25). The lowest BCUT2D eigenvalue weighted by atomic mass is 10.2. The number of phenols is 1. The highest BCUT2D eigenvalue weighted by Crippen LogP contribution is 2.27. The number of benzene rings is 1. The van der Waals surface area contributed by atoms with Crippen molar-refractivity contribution in [3.8, 4) is 5.75 Å². The molecule has 9 heteroatoms. The predicted molar refractivity (Wildman–Crippen MR) is 93.9 cm³/mol. The molecular weight excluding hydrogens is 346 g/mol. The van der Waals surface area contributed by atoms with Crippen LogP contribution < -0.4 is 10.2 Å². The smallest absolute Gasteiger partial charge is 0.333 e. The van der Waals surface area contributed by atoms with Crippen LogP contribution in [0, 0.1) is 6.92 Å². The molecule has 0 unspecified atom stereocenters. The van der Waals surface area contributed by atoms with Crippen LogP contribution in [0.15, 0.2) is 30.5 Å². The van der Waals surface area contributed by atoms with Gasteiger partial charge in [-0.15, -0.1) is 0 Å². The maximum absolute atomic E-state index is 12.4. The number of anilines is 2. The normalized spacial score (nSPS) is 10.7. The Morgan fingerprint density at radius 3 is 2.84 bits per heavy atom. The van der Waals surface area contributed by atoms with Crippen LogP contribution in [0.2, 0.25) is 5.02 Å². The fraction of sp³-hybridized carbons (Fsp3) is 0.125. The SMILES string of the molecule is Cc1nn(C)c2ncc(N(C=O)C(=O)Nc3ccc(O)c(Cl)c3)cc12. The summed E-state index contributed by atoms with van der Waals surface area (Å²) in [5.74, 6) is -0.103. The topological polar surface area (TPSA) is 100 Å². The summed E-state index contributed by atoms with van der Waals surface area (Å²) < 4.78 is 1.62. The molecule has 0 fully saturated rings. The van der Waals surface area contributed by atoms with Crippen LogP contribution in [0.3, 0.4) is 0 Å². The van der Waals surface area contributed by atoms with E-state index in [1.165, 1.54) is 24.4 Å². The number of aromatic hydroxyl groups is 1. The highest BCUT2D eigenvalue weighted by atomic mass is 35.5. The quantitative estimate of drug-likeness (QED) is 0.553. The summed E-state index contributed by atoms with van der Waals surface area (Å²) in [6, 6.07) is 5.18. The van der Waals surface area contributed by atoms with Crippen molar-refractivity contribution < 1.29 is 14.7 Å². The molecule has 0 atom stereocenters. The fourth-order valence-electron chi connectivity index (χ4n) is 2.42. The van der Waals surface area contributed by atoms with Gasteiger partial charge in [0.25, 0.3) is 0 Å². The van der Waals surface area contributed by atoms with Gasteiger partial charge in [0.05, 0.1) is 22.6 Å². The first-order valence-electron chi connectivity index (χ1n) is 7.24. The van der Waals surface area contributed by atoms with Gasteiger partial charge in [0, 0.05) is 18.1 Å². The maximum atomic E-state index is 12.4. The van der Waals surface area contributed by atoms with Crippen molar-refractivity contribution in [3.05, 3.63) is 41.2 Å². The minimum atomic E-state index is -0.681. The monoisotopic (exact) mass is 359 g/mol. The summed E-state index contributed by atoms with van der Waals surface area (Å²) in [6.45, 7) is 1.82. The van der Waals surface area contributed by atoms with E-state index in [1.807, 2.05) is 6.92 Å². The Morgan fingerprint density at radius 2 is 2.16 bits per heavy atom. The second-order valence-corrected chi connectivity index (χ2v) is 5.75. The zero-order valence-corrected chi connectivity index (χ0v) is 14.2. The van der Waals surface area contributed by atoms with Gasteiger partial charge in [-0.3, -0.25) is 9.48 Å². The van der Waals surface area contributed by atoms with Crippen LogP contribution in [0.4, 0.5) is 16.2 Å². The molecular formula is C16H14ClN5O3. The lowest BCUT2D eigenvalue weighted by Crippen LogP contribution is -2.33. The van der Waals surface area contributed by atoms with Crippen LogP contribution in [-0.4, -0.2) is 32.3 Å². The number of aromatic nitrogens is 3. The summed E-state index contributed by atoms with van der Waals surface area (Å²) in [4.78, 5) is 29.0. The number of halogens is 1. The van der Waals surface area contributed by atoms with Crippen molar-refractivity contribution in [1.82, 2.24) is 14.8 Å². The number of phenolic OH excluding ortho intramolecular Hbond substituents is 1. The zero-order valence-electron chi connectivity index (χ0n) is 13.4. The molecule has 2 aromatic heterocycles. The molecule has 0 saturated heterocycles. The molecule has 1 aromatic carbocycles. The van der Waals surface area contributed by atoms with Gasteiger partial charge >= 0.3 is 6.03 Å². The van der Waals surface area contributed by atoms with Gasteiger partial charge in [0.1, 0.15) is 5.75 Å². The van der Waals surface area contributed by atoms with E-state index < -0.39 is 6.03 Å². The lowest BCUT2D eigenvalue weighted by molar-refractivity contribution is -0.106. The van der Waals surface area contributed by atoms with Gasteiger partial charge in [-0.05, 0) is 31.2 Å². The molecule has 0 saturated carbocycles. The van der Waals surface area contributed by atoms with Crippen LogP contribution in [0.5, 0.6) is 5.75 Å². The Labute approximate surface area is 147 Å². The van der Waals surface area contributed by atoms with E-state index in [2.05, 4.69) is 15.4 Å². The van der Waals surface area contributed by atoms with Crippen LogP contribution in [-0.2, 0) is 11.8 Å². The fourth-order valence-corrected chi connectivity index (χ4v) is 2.60. The summed E-state index contributed by atoms with van der Waals surface area (Å²) in [6.07, 6.45) is 1.81. The number of hydrogen-bond acceptors (Lipinski definition) is 5. The Hall–Kier alpha value is -3.13. The third-order valence-electron chi connectivity index (χ3n) is 3.65. The van der Waals surface area contributed by atoms with E-state index in [0.29, 0.717) is 23.4 Å². The second kappa shape index (κ2) is 6.40. The molecule has 0 aliphatic rings. The van der Waals surface area contributed by atoms with Gasteiger partial charge in [-0.2, -0.15) is 5.10 Å². The third kappa shape index (κ3) is 3.11. The summed E-state index contributed by atoms with van der Waals surface area (Å²) in [7, 11) is 1.76. The number of nitrogens with one attached hydrogen (secondary N) is 1. The predicted octanol–water partition coefficient (Wildman–Crippen LogP) is 2.83. The molecule has 0 radical (unpaired) electrons. The van der Waals surface area contributed by atoms with Crippen molar-refractivity contribution in [2.24, 2.45) is 7.05 Å². The third-order valence-corrected chi connectivity index (χ3v) is 3.95. The Kier molecular flexibility index (Phi) is 4.28. The average Bonchev–Trinajstić information content (AvgIpc) is 2.86. The van der Waals surface area contributed by atoms with Crippen molar-refractivity contribution in [2.45, 2.75) is 6.92 Å². The van der Waals surface area contributed by atoms with Crippen molar-refractivity contribution in [2.75, 3.05) is 10.2 Å². The molecule has 3 aromatic rings. The molecule has 8 nitrogen and oxygen atoms in total. The van der Waals surface area contributed by atoms with Gasteiger partial charge in [-0.1, -0.05) is 11.6 Å². The number of amides is 3. The summed E-state index contributed by atoms with van der Waals surface area (Å²) in [5, 5.41) is 17.0. The number of imide groups is 1. The van der Waals surface area contributed by atoms with E-state index in [0.717, 1.165) is 16.0 Å². The molecule has 3 rings (SSSR count). The van der Waals surface area contributed by atoms with Crippen LogP contribution >= 0.6 is 11.6 Å². The molecule has 0 spiro atoms. The number of carbonyl (C=O) groups is 2. The lowest BCUT2D eigenvalue weighted by Gasteiger charge is -2.16. The number of urea groups is 1. The van der Waals surface area contributed by atoms with E-state index >= 15 is 0 Å². The number of fused-ring (bicyclic) bond motifs is 1. The Balaban J connectivity index is 1.90. The van der Waals surface area contributed by atoms with Crippen molar-refractivity contribution >= 4 is 46.5 Å². The van der Waals surface area contributed by atoms with E-state index in [-0.39, 0.29) is 10.8 Å². The molecule has 2 N–H and O–H groups in total. The summed E-state index contributed by atoms with van der Waals surface area (Å²) >= 11 is 5.81. The van der Waals surface area contributed by atoms with E-state index in [9.17, 15) is 14.7 Å². The molecule has 2 heterocycles. The van der Waals surface area contributed by atoms with E-state index in [4.69, 9.17) is 11.6 Å². The highest BCUT2D eigenvalue weighted by Gasteiger charge is 2.18. The van der Waals surface area contributed by atoms with Crippen molar-refractivity contribution in [3.63, 3.8) is 0 Å². The molecule has 25 heavy (non-hydrogen) atoms. The molecule has 0 aliphatic heterocycles. The number of pyridine rings is 1. The van der Waals surface area contributed by atoms with Crippen LogP contribution in [0.1, 0.15) is 5.69 Å². The largest absolute Gasteiger partial charge is 0.506 e. The van der Waals surface area contributed by atoms with Gasteiger partial charge in [-0.25, -0.2) is 14.7 Å². The molecule has 128 valence electrons. The maximum Gasteiger partial charge on any atom is 0.333 e. The Morgan fingerprint density at radius 1 is 1.40 bits per heavy atom. The molecule has 3 amide bonds. The Bertz CT molecular complexity index is 985. The first kappa shape index (κ1) is 16.7. The van der Waals surface area contributed by atoms with E-state index in [1.54, 1.807) is 17.8 Å². The minimum absolute atomic E-state index is 0.0875. The second-order valence-electron chi connectivity index (χ2n) is 5.35. The number of aryl methyl sites for hydroxylation is 2. The van der Waals surface area contributed by atoms with Gasteiger partial charge in [0.2, 0.25) is 6.41 Å². The van der Waals surface area contributed by atoms with Crippen molar-refractivity contribution in [1.29, 1.82) is 0 Å². The number of hydrogen-bond donors (Lipinski definition) is 2. The number of nitrogens with zero attached hydrogens (tertiary/aromatic N) is 4. The first-order chi connectivity index (χ1) is 11.9. The number of rotatable bonds is 3.